The monoisotopic (exact) mass is 522 g/mol. The number of benzene rings is 3. The molecular weight excluding hydrogens is 495 g/mol. The number of guanidine groups is 1. The highest BCUT2D eigenvalue weighted by Gasteiger charge is 2.23. The number of nitrogens with one attached hydrogen (secondary N) is 3. The van der Waals surface area contributed by atoms with E-state index in [0.29, 0.717) is 35.4 Å². The summed E-state index contributed by atoms with van der Waals surface area (Å²) < 4.78 is 19.1. The summed E-state index contributed by atoms with van der Waals surface area (Å²) in [5.74, 6) is -0.149. The molecule has 1 saturated carbocycles. The highest BCUT2D eigenvalue weighted by atomic mass is 35.5. The second-order valence-corrected chi connectivity index (χ2v) is 9.22. The lowest BCUT2D eigenvalue weighted by molar-refractivity contribution is 0.0924. The third kappa shape index (κ3) is 7.54. The van der Waals surface area contributed by atoms with E-state index in [1.165, 1.54) is 12.1 Å². The molecule has 0 aliphatic heterocycles. The Bertz CT molecular complexity index is 1240. The molecular formula is C28H28ClFN4O3. The Morgan fingerprint density at radius 1 is 0.919 bits per heavy atom. The van der Waals surface area contributed by atoms with Crippen molar-refractivity contribution in [2.45, 2.75) is 37.8 Å². The van der Waals surface area contributed by atoms with Gasteiger partial charge in [0.05, 0.1) is 13.2 Å². The van der Waals surface area contributed by atoms with Crippen molar-refractivity contribution in [2.75, 3.05) is 12.4 Å². The number of carbonyl (C=O) groups is 2. The van der Waals surface area contributed by atoms with Crippen LogP contribution in [-0.4, -0.2) is 37.0 Å². The van der Waals surface area contributed by atoms with Crippen molar-refractivity contribution in [2.24, 2.45) is 4.99 Å². The van der Waals surface area contributed by atoms with Gasteiger partial charge in [0.1, 0.15) is 11.6 Å². The van der Waals surface area contributed by atoms with Crippen molar-refractivity contribution in [1.29, 1.82) is 0 Å². The number of amides is 2. The molecule has 7 nitrogen and oxygen atoms in total. The predicted molar refractivity (Wildman–Crippen MR) is 143 cm³/mol. The standard InChI is InChI=1S/C28H28ClFN4O3/c1-37-25-13-7-19(8-14-25)27(36)34-28(33-24-16-20(29)15-21(30)17-24)32-23-11-9-22(10-12-23)31-26(35)18-5-3-2-4-6-18/h2-8,13-17,22-23H,9-12H2,1H3,(H,31,35)(H2,32,33,34,36). The van der Waals surface area contributed by atoms with Gasteiger partial charge in [-0.2, -0.15) is 0 Å². The van der Waals surface area contributed by atoms with Crippen molar-refractivity contribution < 1.29 is 18.7 Å². The van der Waals surface area contributed by atoms with Gasteiger partial charge in [0.25, 0.3) is 11.8 Å². The first-order valence-electron chi connectivity index (χ1n) is 12.0. The molecule has 1 fully saturated rings. The van der Waals surface area contributed by atoms with Crippen molar-refractivity contribution in [3.05, 3.63) is 94.8 Å². The number of halogens is 2. The Hall–Kier alpha value is -3.91. The first-order valence-corrected chi connectivity index (χ1v) is 12.4. The second kappa shape index (κ2) is 12.4. The first kappa shape index (κ1) is 26.2. The maximum Gasteiger partial charge on any atom is 0.257 e. The van der Waals surface area contributed by atoms with E-state index in [-0.39, 0.29) is 34.9 Å². The van der Waals surface area contributed by atoms with Gasteiger partial charge >= 0.3 is 0 Å². The van der Waals surface area contributed by atoms with Crippen LogP contribution in [0.3, 0.4) is 0 Å². The number of aliphatic imine (C=N–C) groups is 1. The zero-order chi connectivity index (χ0) is 26.2. The van der Waals surface area contributed by atoms with Gasteiger partial charge in [0.15, 0.2) is 0 Å². The molecule has 3 N–H and O–H groups in total. The van der Waals surface area contributed by atoms with E-state index in [4.69, 9.17) is 21.3 Å². The molecule has 3 aromatic rings. The zero-order valence-electron chi connectivity index (χ0n) is 20.3. The summed E-state index contributed by atoms with van der Waals surface area (Å²) in [5, 5.41) is 9.09. The molecule has 0 aromatic heterocycles. The highest BCUT2D eigenvalue weighted by molar-refractivity contribution is 6.31. The number of nitrogens with zero attached hydrogens (tertiary/aromatic N) is 1. The number of carbonyl (C=O) groups excluding carboxylic acids is 2. The lowest BCUT2D eigenvalue weighted by atomic mass is 9.91. The van der Waals surface area contributed by atoms with E-state index in [0.717, 1.165) is 12.8 Å². The van der Waals surface area contributed by atoms with E-state index in [2.05, 4.69) is 16.0 Å². The summed E-state index contributed by atoms with van der Waals surface area (Å²) >= 11 is 6.00. The van der Waals surface area contributed by atoms with Crippen LogP contribution in [0.25, 0.3) is 0 Å². The SMILES string of the molecule is COc1ccc(C(=O)NC(=NC2CCC(NC(=O)c3ccccc3)CC2)Nc2cc(F)cc(Cl)c2)cc1. The first-order chi connectivity index (χ1) is 17.9. The average Bonchev–Trinajstić information content (AvgIpc) is 2.89. The van der Waals surface area contributed by atoms with Gasteiger partial charge in [-0.15, -0.1) is 0 Å². The molecule has 0 radical (unpaired) electrons. The van der Waals surface area contributed by atoms with Gasteiger partial charge in [-0.3, -0.25) is 14.9 Å². The van der Waals surface area contributed by atoms with Crippen LogP contribution in [0.2, 0.25) is 5.02 Å². The highest BCUT2D eigenvalue weighted by Crippen LogP contribution is 2.23. The lowest BCUT2D eigenvalue weighted by Gasteiger charge is -2.27. The van der Waals surface area contributed by atoms with E-state index in [1.807, 2.05) is 18.2 Å². The Balaban J connectivity index is 1.44. The third-order valence-electron chi connectivity index (χ3n) is 6.09. The van der Waals surface area contributed by atoms with Crippen LogP contribution < -0.4 is 20.7 Å². The molecule has 1 aliphatic carbocycles. The van der Waals surface area contributed by atoms with E-state index < -0.39 is 5.82 Å². The van der Waals surface area contributed by atoms with E-state index in [9.17, 15) is 14.0 Å². The fourth-order valence-corrected chi connectivity index (χ4v) is 4.39. The molecule has 3 aromatic carbocycles. The smallest absolute Gasteiger partial charge is 0.257 e. The number of hydrogen-bond donors (Lipinski definition) is 3. The molecule has 0 spiro atoms. The molecule has 0 unspecified atom stereocenters. The molecule has 0 heterocycles. The lowest BCUT2D eigenvalue weighted by Crippen LogP contribution is -2.40. The average molecular weight is 523 g/mol. The fraction of sp³-hybridized carbons (Fsp3) is 0.250. The largest absolute Gasteiger partial charge is 0.497 e. The summed E-state index contributed by atoms with van der Waals surface area (Å²) in [5.41, 5.74) is 1.41. The normalized spacial score (nSPS) is 17.5. The fourth-order valence-electron chi connectivity index (χ4n) is 4.17. The Morgan fingerprint density at radius 2 is 1.59 bits per heavy atom. The number of hydrogen-bond acceptors (Lipinski definition) is 4. The van der Waals surface area contributed by atoms with Crippen molar-refractivity contribution >= 4 is 35.1 Å². The van der Waals surface area contributed by atoms with Crippen LogP contribution in [-0.2, 0) is 0 Å². The summed E-state index contributed by atoms with van der Waals surface area (Å²) in [6.45, 7) is 0. The van der Waals surface area contributed by atoms with Gasteiger partial charge < -0.3 is 15.4 Å². The summed E-state index contributed by atoms with van der Waals surface area (Å²) in [6, 6.07) is 19.8. The van der Waals surface area contributed by atoms with Gasteiger partial charge in [-0.25, -0.2) is 9.38 Å². The van der Waals surface area contributed by atoms with Crippen LogP contribution in [0.5, 0.6) is 5.75 Å². The van der Waals surface area contributed by atoms with Crippen LogP contribution in [0.15, 0.2) is 77.8 Å². The molecule has 37 heavy (non-hydrogen) atoms. The Morgan fingerprint density at radius 3 is 2.24 bits per heavy atom. The van der Waals surface area contributed by atoms with Crippen molar-refractivity contribution in [3.8, 4) is 5.75 Å². The Kier molecular flexibility index (Phi) is 8.74. The Labute approximate surface area is 220 Å². The molecule has 2 amide bonds. The topological polar surface area (TPSA) is 91.8 Å². The summed E-state index contributed by atoms with van der Waals surface area (Å²) in [7, 11) is 1.55. The maximum atomic E-state index is 13.9. The number of rotatable bonds is 6. The summed E-state index contributed by atoms with van der Waals surface area (Å²) in [6.07, 6.45) is 2.93. The second-order valence-electron chi connectivity index (χ2n) is 8.79. The maximum absolute atomic E-state index is 13.9. The van der Waals surface area contributed by atoms with Crippen molar-refractivity contribution in [3.63, 3.8) is 0 Å². The van der Waals surface area contributed by atoms with E-state index in [1.54, 1.807) is 49.6 Å². The van der Waals surface area contributed by atoms with E-state index >= 15 is 0 Å². The summed E-state index contributed by atoms with van der Waals surface area (Å²) in [4.78, 5) is 30.1. The molecule has 0 saturated heterocycles. The third-order valence-corrected chi connectivity index (χ3v) is 6.31. The zero-order valence-corrected chi connectivity index (χ0v) is 21.1. The van der Waals surface area contributed by atoms with Gasteiger partial charge in [-0.1, -0.05) is 29.8 Å². The minimum atomic E-state index is -0.509. The molecule has 4 rings (SSSR count). The molecule has 0 atom stereocenters. The van der Waals surface area contributed by atoms with Crippen LogP contribution in [0, 0.1) is 5.82 Å². The number of anilines is 1. The molecule has 1 aliphatic rings. The predicted octanol–water partition coefficient (Wildman–Crippen LogP) is 5.43. The quantitative estimate of drug-likeness (QED) is 0.297. The van der Waals surface area contributed by atoms with Gasteiger partial charge in [-0.05, 0) is 80.3 Å². The molecule has 0 bridgehead atoms. The van der Waals surface area contributed by atoms with Crippen LogP contribution in [0.1, 0.15) is 46.4 Å². The van der Waals surface area contributed by atoms with Gasteiger partial charge in [0.2, 0.25) is 5.96 Å². The number of methoxy groups -OCH3 is 1. The minimum Gasteiger partial charge on any atom is -0.497 e. The van der Waals surface area contributed by atoms with Crippen LogP contribution in [0.4, 0.5) is 10.1 Å². The minimum absolute atomic E-state index is 0.0477. The van der Waals surface area contributed by atoms with Crippen molar-refractivity contribution in [1.82, 2.24) is 10.6 Å². The van der Waals surface area contributed by atoms with Crippen LogP contribution >= 0.6 is 11.6 Å². The van der Waals surface area contributed by atoms with Gasteiger partial charge in [0, 0.05) is 27.9 Å². The molecule has 192 valence electrons. The molecule has 9 heteroatoms. The number of ether oxygens (including phenoxy) is 1.